The quantitative estimate of drug-likeness (QED) is 0.573. The molecule has 0 aliphatic carbocycles. The fourth-order valence-corrected chi connectivity index (χ4v) is 2.07. The van der Waals surface area contributed by atoms with Crippen LogP contribution in [-0.4, -0.2) is 9.97 Å². The van der Waals surface area contributed by atoms with Gasteiger partial charge in [0.25, 0.3) is 0 Å². The number of H-pyrrole nitrogens is 1. The Morgan fingerprint density at radius 2 is 1.81 bits per heavy atom. The molecule has 1 aromatic heterocycles. The molecule has 0 atom stereocenters. The molecule has 1 N–H and O–H groups in total. The van der Waals surface area contributed by atoms with Crippen molar-refractivity contribution in [3.05, 3.63) is 78.1 Å². The number of hydrogen-bond acceptors (Lipinski definition) is 2. The SMILES string of the molecule is N#C/C(=C/C=C\c1ccccc1)c1nc2ccccc2[nH]1. The monoisotopic (exact) mass is 271 g/mol. The van der Waals surface area contributed by atoms with Crippen LogP contribution in [0.25, 0.3) is 22.7 Å². The second-order valence-corrected chi connectivity index (χ2v) is 4.56. The minimum atomic E-state index is 0.512. The minimum absolute atomic E-state index is 0.512. The molecule has 0 unspecified atom stereocenters. The Morgan fingerprint density at radius 3 is 2.57 bits per heavy atom. The molecule has 0 amide bonds. The molecule has 100 valence electrons. The maximum Gasteiger partial charge on any atom is 0.149 e. The van der Waals surface area contributed by atoms with E-state index >= 15 is 0 Å². The molecule has 3 aromatic rings. The molecule has 0 aliphatic heterocycles. The van der Waals surface area contributed by atoms with Crippen molar-refractivity contribution in [3.8, 4) is 6.07 Å². The Morgan fingerprint density at radius 1 is 1.05 bits per heavy atom. The average Bonchev–Trinajstić information content (AvgIpc) is 2.96. The van der Waals surface area contributed by atoms with Gasteiger partial charge in [0.2, 0.25) is 0 Å². The van der Waals surface area contributed by atoms with Crippen LogP contribution >= 0.6 is 0 Å². The number of hydrogen-bond donors (Lipinski definition) is 1. The molecule has 0 spiro atoms. The van der Waals surface area contributed by atoms with Crippen LogP contribution < -0.4 is 0 Å². The van der Waals surface area contributed by atoms with E-state index in [9.17, 15) is 5.26 Å². The van der Waals surface area contributed by atoms with Crippen molar-refractivity contribution in [3.63, 3.8) is 0 Å². The summed E-state index contributed by atoms with van der Waals surface area (Å²) >= 11 is 0. The molecular weight excluding hydrogens is 258 g/mol. The first-order valence-corrected chi connectivity index (χ1v) is 6.65. The number of para-hydroxylation sites is 2. The van der Waals surface area contributed by atoms with Gasteiger partial charge in [-0.2, -0.15) is 5.26 Å². The lowest BCUT2D eigenvalue weighted by Gasteiger charge is -1.91. The number of aromatic nitrogens is 2. The molecular formula is C18H13N3. The normalized spacial score (nSPS) is 11.9. The van der Waals surface area contributed by atoms with Gasteiger partial charge in [0, 0.05) is 0 Å². The van der Waals surface area contributed by atoms with Gasteiger partial charge in [-0.05, 0) is 23.8 Å². The Labute approximate surface area is 122 Å². The summed E-state index contributed by atoms with van der Waals surface area (Å²) in [6, 6.07) is 19.9. The van der Waals surface area contributed by atoms with Crippen LogP contribution in [0, 0.1) is 11.3 Å². The van der Waals surface area contributed by atoms with Crippen LogP contribution in [0.5, 0.6) is 0 Å². The van der Waals surface area contributed by atoms with E-state index in [0.717, 1.165) is 16.6 Å². The topological polar surface area (TPSA) is 52.5 Å². The number of allylic oxidation sites excluding steroid dienone is 3. The van der Waals surface area contributed by atoms with E-state index in [1.807, 2.05) is 66.7 Å². The molecule has 3 heteroatoms. The van der Waals surface area contributed by atoms with Gasteiger partial charge in [-0.1, -0.05) is 54.6 Å². The number of aromatic amines is 1. The summed E-state index contributed by atoms with van der Waals surface area (Å²) in [6.45, 7) is 0. The smallest absolute Gasteiger partial charge is 0.149 e. The van der Waals surface area contributed by atoms with Crippen molar-refractivity contribution < 1.29 is 0 Å². The van der Waals surface area contributed by atoms with Crippen molar-refractivity contribution in [2.45, 2.75) is 0 Å². The zero-order chi connectivity index (χ0) is 14.5. The zero-order valence-corrected chi connectivity index (χ0v) is 11.3. The third kappa shape index (κ3) is 2.90. The van der Waals surface area contributed by atoms with Gasteiger partial charge in [-0.3, -0.25) is 0 Å². The average molecular weight is 271 g/mol. The van der Waals surface area contributed by atoms with Gasteiger partial charge in [0.05, 0.1) is 16.6 Å². The summed E-state index contributed by atoms with van der Waals surface area (Å²) in [5.74, 6) is 0.594. The standard InChI is InChI=1S/C18H13N3/c19-13-15(10-6-9-14-7-2-1-3-8-14)18-20-16-11-4-5-12-17(16)21-18/h1-12H,(H,20,21)/b9-6-,15-10-. The number of nitrogens with zero attached hydrogens (tertiary/aromatic N) is 2. The highest BCUT2D eigenvalue weighted by Crippen LogP contribution is 2.16. The van der Waals surface area contributed by atoms with E-state index in [-0.39, 0.29) is 0 Å². The Balaban J connectivity index is 1.89. The van der Waals surface area contributed by atoms with Crippen LogP contribution in [0.3, 0.4) is 0 Å². The predicted molar refractivity (Wildman–Crippen MR) is 85.2 cm³/mol. The number of benzene rings is 2. The second-order valence-electron chi connectivity index (χ2n) is 4.56. The number of fused-ring (bicyclic) bond motifs is 1. The lowest BCUT2D eigenvalue weighted by atomic mass is 10.2. The van der Waals surface area contributed by atoms with Crippen molar-refractivity contribution >= 4 is 22.7 Å². The second kappa shape index (κ2) is 5.89. The summed E-state index contributed by atoms with van der Waals surface area (Å²) in [5.41, 5.74) is 3.40. The lowest BCUT2D eigenvalue weighted by Crippen LogP contribution is -1.83. The Hall–Kier alpha value is -3.12. The van der Waals surface area contributed by atoms with Crippen molar-refractivity contribution in [1.82, 2.24) is 9.97 Å². The highest BCUT2D eigenvalue weighted by atomic mass is 14.9. The van der Waals surface area contributed by atoms with Crippen LogP contribution in [0.15, 0.2) is 66.7 Å². The molecule has 3 rings (SSSR count). The summed E-state index contributed by atoms with van der Waals surface area (Å²) in [7, 11) is 0. The van der Waals surface area contributed by atoms with Gasteiger partial charge in [0.1, 0.15) is 11.9 Å². The van der Waals surface area contributed by atoms with E-state index in [4.69, 9.17) is 0 Å². The van der Waals surface area contributed by atoms with E-state index in [1.165, 1.54) is 0 Å². The van der Waals surface area contributed by atoms with E-state index < -0.39 is 0 Å². The maximum atomic E-state index is 9.29. The molecule has 2 aromatic carbocycles. The molecule has 1 heterocycles. The van der Waals surface area contributed by atoms with Gasteiger partial charge in [-0.25, -0.2) is 4.98 Å². The largest absolute Gasteiger partial charge is 0.337 e. The van der Waals surface area contributed by atoms with Gasteiger partial charge < -0.3 is 4.98 Å². The molecule has 3 nitrogen and oxygen atoms in total. The van der Waals surface area contributed by atoms with Crippen LogP contribution in [0.1, 0.15) is 11.4 Å². The molecule has 0 saturated heterocycles. The summed E-state index contributed by atoms with van der Waals surface area (Å²) < 4.78 is 0. The highest BCUT2D eigenvalue weighted by molar-refractivity contribution is 5.82. The third-order valence-electron chi connectivity index (χ3n) is 3.12. The molecule has 0 aliphatic rings. The predicted octanol–water partition coefficient (Wildman–Crippen LogP) is 4.18. The molecule has 0 saturated carbocycles. The van der Waals surface area contributed by atoms with Gasteiger partial charge >= 0.3 is 0 Å². The number of nitriles is 1. The van der Waals surface area contributed by atoms with Crippen LogP contribution in [0.4, 0.5) is 0 Å². The molecule has 0 radical (unpaired) electrons. The minimum Gasteiger partial charge on any atom is -0.337 e. The Bertz CT molecular complexity index is 816. The molecule has 21 heavy (non-hydrogen) atoms. The fraction of sp³-hybridized carbons (Fsp3) is 0. The fourth-order valence-electron chi connectivity index (χ4n) is 2.07. The van der Waals surface area contributed by atoms with E-state index in [0.29, 0.717) is 11.4 Å². The van der Waals surface area contributed by atoms with Crippen molar-refractivity contribution in [2.75, 3.05) is 0 Å². The number of imidazole rings is 1. The van der Waals surface area contributed by atoms with E-state index in [1.54, 1.807) is 6.08 Å². The lowest BCUT2D eigenvalue weighted by molar-refractivity contribution is 1.27. The summed E-state index contributed by atoms with van der Waals surface area (Å²) in [6.07, 6.45) is 5.59. The summed E-state index contributed by atoms with van der Waals surface area (Å²) in [5, 5.41) is 9.29. The van der Waals surface area contributed by atoms with Crippen LogP contribution in [-0.2, 0) is 0 Å². The van der Waals surface area contributed by atoms with Crippen molar-refractivity contribution in [2.24, 2.45) is 0 Å². The Kier molecular flexibility index (Phi) is 3.62. The first kappa shape index (κ1) is 12.9. The van der Waals surface area contributed by atoms with E-state index in [2.05, 4.69) is 16.0 Å². The zero-order valence-electron chi connectivity index (χ0n) is 11.3. The van der Waals surface area contributed by atoms with Crippen molar-refractivity contribution in [1.29, 1.82) is 5.26 Å². The maximum absolute atomic E-state index is 9.29. The van der Waals surface area contributed by atoms with Gasteiger partial charge in [0.15, 0.2) is 0 Å². The first-order chi connectivity index (χ1) is 10.4. The summed E-state index contributed by atoms with van der Waals surface area (Å²) in [4.78, 5) is 7.59. The molecule has 0 bridgehead atoms. The number of rotatable bonds is 3. The molecule has 0 fully saturated rings. The first-order valence-electron chi connectivity index (χ1n) is 6.65. The third-order valence-corrected chi connectivity index (χ3v) is 3.12. The van der Waals surface area contributed by atoms with Crippen LogP contribution in [0.2, 0.25) is 0 Å². The van der Waals surface area contributed by atoms with Gasteiger partial charge in [-0.15, -0.1) is 0 Å². The number of nitrogens with one attached hydrogen (secondary N) is 1. The highest BCUT2D eigenvalue weighted by Gasteiger charge is 2.05.